The minimum atomic E-state index is -1.45. The number of aliphatic imine (C=N–C) groups is 1. The average molecular weight is 371 g/mol. The van der Waals surface area contributed by atoms with Crippen LogP contribution in [0.3, 0.4) is 0 Å². The number of nitrogens with zero attached hydrogens (tertiary/aromatic N) is 2. The molecular formula is C19H21N3O5. The number of hydrogen-bond donors (Lipinski definition) is 1. The number of carbonyl (C=O) groups is 2. The second kappa shape index (κ2) is 5.87. The summed E-state index contributed by atoms with van der Waals surface area (Å²) in [5.41, 5.74) is 1.93. The zero-order chi connectivity index (χ0) is 18.6. The molecule has 4 aliphatic rings. The predicted molar refractivity (Wildman–Crippen MR) is 95.5 cm³/mol. The molecule has 0 amide bonds. The lowest BCUT2D eigenvalue weighted by Crippen LogP contribution is -2.68. The maximum atomic E-state index is 12.1. The molecule has 3 aliphatic heterocycles. The lowest BCUT2D eigenvalue weighted by Gasteiger charge is -2.50. The highest BCUT2D eigenvalue weighted by Gasteiger charge is 2.60. The highest BCUT2D eigenvalue weighted by atomic mass is 16.8. The fraction of sp³-hybridized carbons (Fsp3) is 0.526. The third-order valence-electron chi connectivity index (χ3n) is 5.33. The molecule has 1 saturated heterocycles. The first-order valence-corrected chi connectivity index (χ1v) is 9.31. The van der Waals surface area contributed by atoms with E-state index in [-0.39, 0.29) is 6.42 Å². The third kappa shape index (κ3) is 2.79. The van der Waals surface area contributed by atoms with Crippen molar-refractivity contribution in [2.45, 2.75) is 38.2 Å². The quantitative estimate of drug-likeness (QED) is 0.627. The molecule has 0 bridgehead atoms. The van der Waals surface area contributed by atoms with Gasteiger partial charge in [-0.15, -0.1) is 0 Å². The van der Waals surface area contributed by atoms with Gasteiger partial charge in [0.15, 0.2) is 0 Å². The molecule has 3 heterocycles. The lowest BCUT2D eigenvalue weighted by atomic mass is 10.0. The van der Waals surface area contributed by atoms with E-state index in [2.05, 4.69) is 10.3 Å². The van der Waals surface area contributed by atoms with Crippen molar-refractivity contribution in [3.8, 4) is 5.75 Å². The molecule has 0 radical (unpaired) electrons. The Kier molecular flexibility index (Phi) is 3.57. The summed E-state index contributed by atoms with van der Waals surface area (Å²) < 4.78 is 17.3. The number of nitrogens with one attached hydrogen (secondary N) is 1. The molecule has 27 heavy (non-hydrogen) atoms. The lowest BCUT2D eigenvalue weighted by molar-refractivity contribution is -0.263. The van der Waals surface area contributed by atoms with Crippen molar-refractivity contribution in [1.29, 1.82) is 0 Å². The van der Waals surface area contributed by atoms with Gasteiger partial charge in [0.05, 0.1) is 18.7 Å². The van der Waals surface area contributed by atoms with E-state index in [0.29, 0.717) is 24.0 Å². The van der Waals surface area contributed by atoms with Gasteiger partial charge in [0.2, 0.25) is 0 Å². The van der Waals surface area contributed by atoms with Crippen LogP contribution < -0.4 is 15.0 Å². The van der Waals surface area contributed by atoms with Crippen LogP contribution in [0.2, 0.25) is 0 Å². The summed E-state index contributed by atoms with van der Waals surface area (Å²) in [7, 11) is 0. The van der Waals surface area contributed by atoms with Crippen LogP contribution in [0.25, 0.3) is 0 Å². The van der Waals surface area contributed by atoms with Gasteiger partial charge in [0, 0.05) is 13.1 Å². The number of fused-ring (bicyclic) bond motifs is 2. The summed E-state index contributed by atoms with van der Waals surface area (Å²) in [6.07, 6.45) is 1.63. The number of hydrogen-bond acceptors (Lipinski definition) is 8. The number of ether oxygens (including phenoxy) is 3. The minimum absolute atomic E-state index is 0.200. The monoisotopic (exact) mass is 371 g/mol. The maximum Gasteiger partial charge on any atom is 0.421 e. The van der Waals surface area contributed by atoms with Crippen LogP contribution >= 0.6 is 0 Å². The molecule has 1 N–H and O–H groups in total. The van der Waals surface area contributed by atoms with Gasteiger partial charge in [-0.05, 0) is 43.4 Å². The molecule has 0 spiro atoms. The van der Waals surface area contributed by atoms with Crippen molar-refractivity contribution in [3.05, 3.63) is 23.8 Å². The molecule has 8 heteroatoms. The van der Waals surface area contributed by atoms with E-state index in [9.17, 15) is 9.59 Å². The van der Waals surface area contributed by atoms with Crippen LogP contribution in [0.1, 0.15) is 24.8 Å². The summed E-state index contributed by atoms with van der Waals surface area (Å²) in [4.78, 5) is 30.5. The number of amidine groups is 1. The predicted octanol–water partition coefficient (Wildman–Crippen LogP) is 1.12. The topological polar surface area (TPSA) is 89.5 Å². The Labute approximate surface area is 156 Å². The first kappa shape index (κ1) is 16.4. The highest BCUT2D eigenvalue weighted by Crippen LogP contribution is 2.47. The van der Waals surface area contributed by atoms with Gasteiger partial charge in [-0.1, -0.05) is 6.07 Å². The summed E-state index contributed by atoms with van der Waals surface area (Å²) in [5.74, 6) is -1.63. The largest absolute Gasteiger partial charge is 0.444 e. The smallest absolute Gasteiger partial charge is 0.421 e. The van der Waals surface area contributed by atoms with Crippen LogP contribution in [0.15, 0.2) is 23.2 Å². The number of benzene rings is 1. The van der Waals surface area contributed by atoms with Gasteiger partial charge in [-0.25, -0.2) is 9.59 Å². The van der Waals surface area contributed by atoms with Crippen LogP contribution in [-0.2, 0) is 19.1 Å². The van der Waals surface area contributed by atoms with Crippen LogP contribution in [0.4, 0.5) is 5.69 Å². The Balaban J connectivity index is 1.60. The molecule has 142 valence electrons. The molecule has 8 nitrogen and oxygen atoms in total. The zero-order valence-electron chi connectivity index (χ0n) is 15.1. The van der Waals surface area contributed by atoms with Crippen LogP contribution in [-0.4, -0.2) is 49.4 Å². The van der Waals surface area contributed by atoms with Crippen molar-refractivity contribution in [3.63, 3.8) is 0 Å². The van der Waals surface area contributed by atoms with E-state index in [1.54, 1.807) is 0 Å². The van der Waals surface area contributed by atoms with Gasteiger partial charge >= 0.3 is 17.7 Å². The molecular weight excluding hydrogens is 350 g/mol. The molecule has 2 fully saturated rings. The van der Waals surface area contributed by atoms with E-state index >= 15 is 0 Å². The standard InChI is InChI=1S/C19H21N3O5/c1-11-2-5-14-13(8-11)22(10-12-3-4-12)18-19(26-14,9-15-20-6-7-21-15)27-17(24)16(23)25-18/h2,5,8,12,18H,3-4,6-7,9-10H2,1H3,(H,20,21). The number of rotatable bonds is 4. The summed E-state index contributed by atoms with van der Waals surface area (Å²) in [6.45, 7) is 4.11. The fourth-order valence-corrected chi connectivity index (χ4v) is 3.84. The van der Waals surface area contributed by atoms with Gasteiger partial charge in [0.1, 0.15) is 11.6 Å². The Bertz CT molecular complexity index is 850. The van der Waals surface area contributed by atoms with Crippen LogP contribution in [0, 0.1) is 12.8 Å². The molecule has 0 aromatic heterocycles. The highest BCUT2D eigenvalue weighted by molar-refractivity contribution is 6.30. The second-order valence-corrected chi connectivity index (χ2v) is 7.56. The molecule has 1 aliphatic carbocycles. The van der Waals surface area contributed by atoms with Crippen molar-refractivity contribution in [2.24, 2.45) is 10.9 Å². The first-order valence-electron chi connectivity index (χ1n) is 9.31. The third-order valence-corrected chi connectivity index (χ3v) is 5.33. The van der Waals surface area contributed by atoms with Crippen molar-refractivity contribution >= 4 is 23.5 Å². The average Bonchev–Trinajstić information content (AvgIpc) is 3.31. The SMILES string of the molecule is Cc1ccc2c(c1)N(CC1CC1)C1OC(=O)C(=O)OC1(CC1=NCCN1)O2. The number of anilines is 1. The number of aryl methyl sites for hydroxylation is 1. The van der Waals surface area contributed by atoms with E-state index in [1.165, 1.54) is 0 Å². The Hall–Kier alpha value is -2.77. The summed E-state index contributed by atoms with van der Waals surface area (Å²) in [6, 6.07) is 5.83. The Morgan fingerprint density at radius 3 is 2.85 bits per heavy atom. The molecule has 2 unspecified atom stereocenters. The molecule has 2 atom stereocenters. The minimum Gasteiger partial charge on any atom is -0.444 e. The van der Waals surface area contributed by atoms with E-state index in [1.807, 2.05) is 30.0 Å². The summed E-state index contributed by atoms with van der Waals surface area (Å²) in [5, 5.41) is 3.18. The number of esters is 2. The molecule has 1 aromatic rings. The Morgan fingerprint density at radius 1 is 1.26 bits per heavy atom. The van der Waals surface area contributed by atoms with Crippen molar-refractivity contribution in [1.82, 2.24) is 5.32 Å². The van der Waals surface area contributed by atoms with Crippen molar-refractivity contribution < 1.29 is 23.8 Å². The molecule has 5 rings (SSSR count). The first-order chi connectivity index (χ1) is 13.0. The number of carbonyl (C=O) groups excluding carboxylic acids is 2. The Morgan fingerprint density at radius 2 is 2.11 bits per heavy atom. The van der Waals surface area contributed by atoms with E-state index < -0.39 is 24.0 Å². The fourth-order valence-electron chi connectivity index (χ4n) is 3.84. The second-order valence-electron chi connectivity index (χ2n) is 7.56. The van der Waals surface area contributed by atoms with Gasteiger partial charge in [0.25, 0.3) is 6.23 Å². The zero-order valence-corrected chi connectivity index (χ0v) is 15.1. The van der Waals surface area contributed by atoms with Gasteiger partial charge in [-0.2, -0.15) is 0 Å². The van der Waals surface area contributed by atoms with E-state index in [0.717, 1.165) is 37.2 Å². The normalized spacial score (nSPS) is 29.0. The molecule has 1 aromatic carbocycles. The van der Waals surface area contributed by atoms with E-state index in [4.69, 9.17) is 14.2 Å². The molecule has 1 saturated carbocycles. The summed E-state index contributed by atoms with van der Waals surface area (Å²) >= 11 is 0. The maximum absolute atomic E-state index is 12.1. The van der Waals surface area contributed by atoms with Crippen molar-refractivity contribution in [2.75, 3.05) is 24.5 Å². The van der Waals surface area contributed by atoms with Gasteiger partial charge < -0.3 is 24.4 Å². The van der Waals surface area contributed by atoms with Crippen LogP contribution in [0.5, 0.6) is 5.75 Å². The van der Waals surface area contributed by atoms with Gasteiger partial charge in [-0.3, -0.25) is 4.99 Å².